The highest BCUT2D eigenvalue weighted by Crippen LogP contribution is 2.20. The lowest BCUT2D eigenvalue weighted by Crippen LogP contribution is -2.45. The largest absolute Gasteiger partial charge is 0.466 e. The fourth-order valence-electron chi connectivity index (χ4n) is 12.3. The van der Waals surface area contributed by atoms with Gasteiger partial charge in [0.1, 0.15) is 0 Å². The van der Waals surface area contributed by atoms with Crippen LogP contribution in [0.5, 0.6) is 0 Å². The van der Waals surface area contributed by atoms with Crippen molar-refractivity contribution in [3.05, 3.63) is 24.3 Å². The third-order valence-electron chi connectivity index (χ3n) is 18.2. The molecule has 0 aromatic rings. The number of esters is 1. The predicted octanol–water partition coefficient (Wildman–Crippen LogP) is 25.3. The zero-order chi connectivity index (χ0) is 60.6. The minimum absolute atomic E-state index is 0.0176. The SMILES string of the molecule is CCCCCCCCCCCCCCCCCCCCCCCCC/C=C/C(O)C(CO)NC(=O)CCCCCCCCCC/C=C\CCCCCCCCCCCCCCOC(=O)CCCCCCCCCCCCCCCCCCCC. The molecule has 0 aliphatic rings. The van der Waals surface area contributed by atoms with Gasteiger partial charge in [0.05, 0.1) is 25.4 Å². The summed E-state index contributed by atoms with van der Waals surface area (Å²) >= 11 is 0. The average Bonchev–Trinajstić information content (AvgIpc) is 3.53. The first-order valence-corrected chi connectivity index (χ1v) is 38.6. The van der Waals surface area contributed by atoms with E-state index in [1.807, 2.05) is 6.08 Å². The van der Waals surface area contributed by atoms with Crippen molar-refractivity contribution < 1.29 is 24.5 Å². The Morgan fingerprint density at radius 1 is 0.321 bits per heavy atom. The number of carbonyl (C=O) groups excluding carboxylic acids is 2. The molecular weight excluding hydrogens is 1030 g/mol. The van der Waals surface area contributed by atoms with Crippen LogP contribution >= 0.6 is 0 Å². The Morgan fingerprint density at radius 3 is 0.845 bits per heavy atom. The molecule has 0 heterocycles. The summed E-state index contributed by atoms with van der Waals surface area (Å²) in [5.41, 5.74) is 0. The molecule has 1 amide bonds. The second-order valence-electron chi connectivity index (χ2n) is 26.7. The van der Waals surface area contributed by atoms with E-state index in [4.69, 9.17) is 4.74 Å². The van der Waals surface area contributed by atoms with Gasteiger partial charge in [-0.15, -0.1) is 0 Å². The summed E-state index contributed by atoms with van der Waals surface area (Å²) < 4.78 is 5.51. The number of nitrogens with one attached hydrogen (secondary N) is 1. The maximum atomic E-state index is 12.5. The highest BCUT2D eigenvalue weighted by Gasteiger charge is 2.18. The van der Waals surface area contributed by atoms with E-state index < -0.39 is 12.1 Å². The fourth-order valence-corrected chi connectivity index (χ4v) is 12.3. The molecule has 0 radical (unpaired) electrons. The number of unbranched alkanes of at least 4 members (excludes halogenated alkanes) is 60. The number of rotatable bonds is 73. The van der Waals surface area contributed by atoms with Crippen LogP contribution in [-0.4, -0.2) is 47.4 Å². The minimum atomic E-state index is -0.849. The summed E-state index contributed by atoms with van der Waals surface area (Å²) in [5, 5.41) is 23.3. The second kappa shape index (κ2) is 73.8. The van der Waals surface area contributed by atoms with Crippen molar-refractivity contribution in [1.29, 1.82) is 0 Å². The fraction of sp³-hybridized carbons (Fsp3) is 0.923. The monoisotopic (exact) mass is 1180 g/mol. The summed E-state index contributed by atoms with van der Waals surface area (Å²) in [4.78, 5) is 24.7. The van der Waals surface area contributed by atoms with Gasteiger partial charge in [-0.05, 0) is 57.8 Å². The molecule has 0 spiro atoms. The molecule has 498 valence electrons. The van der Waals surface area contributed by atoms with Crippen molar-refractivity contribution in [2.24, 2.45) is 0 Å². The lowest BCUT2D eigenvalue weighted by atomic mass is 10.0. The third-order valence-corrected chi connectivity index (χ3v) is 18.2. The maximum Gasteiger partial charge on any atom is 0.305 e. The summed E-state index contributed by atoms with van der Waals surface area (Å²) in [6, 6.07) is -0.633. The van der Waals surface area contributed by atoms with E-state index in [0.717, 1.165) is 38.5 Å². The number of ether oxygens (including phenoxy) is 1. The van der Waals surface area contributed by atoms with Gasteiger partial charge in [0.25, 0.3) is 0 Å². The first-order valence-electron chi connectivity index (χ1n) is 38.6. The standard InChI is InChI=1S/C78H151NO5/c1-3-5-7-9-11-13-15-17-19-21-23-24-25-26-29-32-35-38-42-46-50-54-58-62-66-70-76(81)75(74-80)79-77(82)71-67-63-59-55-51-47-43-39-36-33-30-27-28-31-34-37-41-45-49-53-57-61-65-69-73-84-78(83)72-68-64-60-56-52-48-44-40-22-20-18-16-14-12-10-8-6-4-2/h30,33,66,70,75-76,80-81H,3-29,31-32,34-65,67-69,71-74H2,1-2H3,(H,79,82)/b33-30-,70-66+. The van der Waals surface area contributed by atoms with Crippen molar-refractivity contribution in [2.45, 2.75) is 450 Å². The molecule has 0 aromatic carbocycles. The molecule has 3 N–H and O–H groups in total. The Hall–Kier alpha value is -1.66. The van der Waals surface area contributed by atoms with Crippen LogP contribution in [0.4, 0.5) is 0 Å². The minimum Gasteiger partial charge on any atom is -0.466 e. The van der Waals surface area contributed by atoms with Crippen molar-refractivity contribution in [3.63, 3.8) is 0 Å². The zero-order valence-corrected chi connectivity index (χ0v) is 57.2. The second-order valence-corrected chi connectivity index (χ2v) is 26.7. The van der Waals surface area contributed by atoms with E-state index >= 15 is 0 Å². The van der Waals surface area contributed by atoms with E-state index in [1.165, 1.54) is 372 Å². The summed E-state index contributed by atoms with van der Waals surface area (Å²) in [6.45, 7) is 4.96. The molecule has 0 fully saturated rings. The Morgan fingerprint density at radius 2 is 0.560 bits per heavy atom. The van der Waals surface area contributed by atoms with Crippen molar-refractivity contribution in [1.82, 2.24) is 5.32 Å². The summed E-state index contributed by atoms with van der Waals surface area (Å²) in [7, 11) is 0. The summed E-state index contributed by atoms with van der Waals surface area (Å²) in [5.74, 6) is -0.0498. The van der Waals surface area contributed by atoms with Gasteiger partial charge in [0, 0.05) is 12.8 Å². The van der Waals surface area contributed by atoms with E-state index in [2.05, 4.69) is 31.3 Å². The molecule has 6 heteroatoms. The van der Waals surface area contributed by atoms with E-state index in [9.17, 15) is 19.8 Å². The number of hydrogen-bond donors (Lipinski definition) is 3. The van der Waals surface area contributed by atoms with Crippen LogP contribution < -0.4 is 5.32 Å². The Bertz CT molecular complexity index is 1320. The smallest absolute Gasteiger partial charge is 0.305 e. The van der Waals surface area contributed by atoms with Crippen LogP contribution in [0, 0.1) is 0 Å². The molecule has 0 rings (SSSR count). The lowest BCUT2D eigenvalue weighted by molar-refractivity contribution is -0.143. The van der Waals surface area contributed by atoms with Crippen molar-refractivity contribution >= 4 is 11.9 Å². The average molecular weight is 1180 g/mol. The normalized spacial score (nSPS) is 12.6. The molecule has 0 aliphatic carbocycles. The zero-order valence-electron chi connectivity index (χ0n) is 57.2. The van der Waals surface area contributed by atoms with E-state index in [1.54, 1.807) is 6.08 Å². The Kier molecular flexibility index (Phi) is 72.3. The number of hydrogen-bond acceptors (Lipinski definition) is 5. The van der Waals surface area contributed by atoms with Gasteiger partial charge < -0.3 is 20.3 Å². The quantitative estimate of drug-likeness (QED) is 0.0320. The first kappa shape index (κ1) is 82.3. The van der Waals surface area contributed by atoms with Crippen LogP contribution in [0.1, 0.15) is 438 Å². The highest BCUT2D eigenvalue weighted by molar-refractivity contribution is 5.76. The molecule has 2 atom stereocenters. The molecule has 0 saturated heterocycles. The molecule has 0 bridgehead atoms. The predicted molar refractivity (Wildman–Crippen MR) is 370 cm³/mol. The third kappa shape index (κ3) is 69.4. The van der Waals surface area contributed by atoms with Crippen LogP contribution in [0.15, 0.2) is 24.3 Å². The van der Waals surface area contributed by atoms with Gasteiger partial charge in [-0.1, -0.05) is 391 Å². The van der Waals surface area contributed by atoms with Crippen molar-refractivity contribution in [2.75, 3.05) is 13.2 Å². The number of aliphatic hydroxyl groups is 2. The van der Waals surface area contributed by atoms with Crippen LogP contribution in [0.3, 0.4) is 0 Å². The van der Waals surface area contributed by atoms with Crippen LogP contribution in [0.25, 0.3) is 0 Å². The lowest BCUT2D eigenvalue weighted by Gasteiger charge is -2.20. The van der Waals surface area contributed by atoms with Gasteiger partial charge >= 0.3 is 5.97 Å². The summed E-state index contributed by atoms with van der Waals surface area (Å²) in [6.07, 6.45) is 94.2. The van der Waals surface area contributed by atoms with Gasteiger partial charge in [0.2, 0.25) is 5.91 Å². The molecule has 2 unspecified atom stereocenters. The molecule has 0 aliphatic heterocycles. The number of aliphatic hydroxyl groups excluding tert-OH is 2. The molecule has 0 saturated carbocycles. The molecule has 84 heavy (non-hydrogen) atoms. The Balaban J connectivity index is 3.41. The van der Waals surface area contributed by atoms with Gasteiger partial charge in [0.15, 0.2) is 0 Å². The Labute approximate surface area is 526 Å². The van der Waals surface area contributed by atoms with Crippen LogP contribution in [0.2, 0.25) is 0 Å². The maximum absolute atomic E-state index is 12.5. The van der Waals surface area contributed by atoms with Crippen molar-refractivity contribution in [3.8, 4) is 0 Å². The number of amides is 1. The highest BCUT2D eigenvalue weighted by atomic mass is 16.5. The van der Waals surface area contributed by atoms with Gasteiger partial charge in [-0.3, -0.25) is 9.59 Å². The first-order chi connectivity index (χ1) is 41.5. The molecule has 6 nitrogen and oxygen atoms in total. The molecular formula is C78H151NO5. The van der Waals surface area contributed by atoms with E-state index in [-0.39, 0.29) is 18.5 Å². The number of carbonyl (C=O) groups is 2. The molecule has 0 aromatic heterocycles. The van der Waals surface area contributed by atoms with Gasteiger partial charge in [-0.2, -0.15) is 0 Å². The van der Waals surface area contributed by atoms with Crippen LogP contribution in [-0.2, 0) is 14.3 Å². The number of allylic oxidation sites excluding steroid dienone is 3. The van der Waals surface area contributed by atoms with E-state index in [0.29, 0.717) is 19.4 Å². The van der Waals surface area contributed by atoms with Gasteiger partial charge in [-0.25, -0.2) is 0 Å². The topological polar surface area (TPSA) is 95.9 Å².